The summed E-state index contributed by atoms with van der Waals surface area (Å²) in [4.78, 5) is 26.1. The molecule has 1 aliphatic heterocycles. The second-order valence-electron chi connectivity index (χ2n) is 6.10. The van der Waals surface area contributed by atoms with Crippen LogP contribution in [0.4, 0.5) is 0 Å². The Kier molecular flexibility index (Phi) is 6.59. The van der Waals surface area contributed by atoms with Gasteiger partial charge in [0.25, 0.3) is 0 Å². The molecule has 1 aromatic carbocycles. The third-order valence-electron chi connectivity index (χ3n) is 4.34. The van der Waals surface area contributed by atoms with E-state index in [2.05, 4.69) is 4.90 Å². The molecular formula is C18H25NO4. The van der Waals surface area contributed by atoms with Crippen molar-refractivity contribution in [2.45, 2.75) is 32.1 Å². The van der Waals surface area contributed by atoms with E-state index in [1.54, 1.807) is 31.4 Å². The van der Waals surface area contributed by atoms with E-state index < -0.39 is 11.9 Å². The van der Waals surface area contributed by atoms with Crippen LogP contribution in [0.15, 0.2) is 24.3 Å². The lowest BCUT2D eigenvalue weighted by atomic mass is 9.93. The lowest BCUT2D eigenvalue weighted by molar-refractivity contribution is -0.137. The van der Waals surface area contributed by atoms with Crippen molar-refractivity contribution in [1.82, 2.24) is 4.90 Å². The average molecular weight is 319 g/mol. The van der Waals surface area contributed by atoms with Gasteiger partial charge in [0.15, 0.2) is 5.78 Å². The minimum absolute atomic E-state index is 0.0979. The zero-order valence-corrected chi connectivity index (χ0v) is 13.7. The first-order valence-corrected chi connectivity index (χ1v) is 8.22. The first kappa shape index (κ1) is 17.5. The van der Waals surface area contributed by atoms with Gasteiger partial charge in [0.05, 0.1) is 13.5 Å². The Balaban J connectivity index is 2.08. The molecule has 0 amide bonds. The number of benzene rings is 1. The largest absolute Gasteiger partial charge is 0.497 e. The van der Waals surface area contributed by atoms with Crippen LogP contribution in [-0.4, -0.2) is 48.5 Å². The molecule has 1 N–H and O–H groups in total. The number of ether oxygens (including phenoxy) is 1. The number of carbonyl (C=O) groups excluding carboxylic acids is 1. The second kappa shape index (κ2) is 8.67. The Morgan fingerprint density at radius 3 is 2.26 bits per heavy atom. The normalized spacial score (nSPS) is 17.3. The average Bonchev–Trinajstić information content (AvgIpc) is 2.82. The van der Waals surface area contributed by atoms with Crippen molar-refractivity contribution in [2.24, 2.45) is 5.92 Å². The van der Waals surface area contributed by atoms with Crippen molar-refractivity contribution in [3.8, 4) is 5.75 Å². The molecule has 1 heterocycles. The number of carboxylic acid groups (broad SMARTS) is 1. The Morgan fingerprint density at radius 2 is 1.74 bits per heavy atom. The van der Waals surface area contributed by atoms with Crippen molar-refractivity contribution in [3.63, 3.8) is 0 Å². The number of Topliss-reactive ketones (excluding diaryl/α,β-unsaturated/α-hetero) is 1. The summed E-state index contributed by atoms with van der Waals surface area (Å²) >= 11 is 0. The van der Waals surface area contributed by atoms with Gasteiger partial charge in [-0.15, -0.1) is 0 Å². The van der Waals surface area contributed by atoms with Gasteiger partial charge in [0.2, 0.25) is 0 Å². The fraction of sp³-hybridized carbons (Fsp3) is 0.556. The van der Waals surface area contributed by atoms with Crippen LogP contribution in [0.1, 0.15) is 42.5 Å². The summed E-state index contributed by atoms with van der Waals surface area (Å²) in [6.07, 6.45) is 4.55. The molecule has 1 aliphatic rings. The number of carbonyl (C=O) groups is 2. The SMILES string of the molecule is COc1ccc(C(=O)C(CC(=O)O)CN2CCCCCC2)cc1. The monoisotopic (exact) mass is 319 g/mol. The number of methoxy groups -OCH3 is 1. The van der Waals surface area contributed by atoms with Gasteiger partial charge in [-0.25, -0.2) is 0 Å². The first-order chi connectivity index (χ1) is 11.1. The maximum absolute atomic E-state index is 12.7. The summed E-state index contributed by atoms with van der Waals surface area (Å²) in [6.45, 7) is 2.43. The highest BCUT2D eigenvalue weighted by molar-refractivity contribution is 5.99. The van der Waals surface area contributed by atoms with E-state index in [-0.39, 0.29) is 12.2 Å². The molecule has 0 bridgehead atoms. The van der Waals surface area contributed by atoms with E-state index in [0.717, 1.165) is 25.9 Å². The third kappa shape index (κ3) is 5.36. The molecule has 0 saturated carbocycles. The highest BCUT2D eigenvalue weighted by Crippen LogP contribution is 2.19. The molecule has 0 aromatic heterocycles. The van der Waals surface area contributed by atoms with E-state index >= 15 is 0 Å². The van der Waals surface area contributed by atoms with Gasteiger partial charge < -0.3 is 14.7 Å². The van der Waals surface area contributed by atoms with Gasteiger partial charge in [0.1, 0.15) is 5.75 Å². The zero-order chi connectivity index (χ0) is 16.7. The van der Waals surface area contributed by atoms with Gasteiger partial charge in [-0.3, -0.25) is 9.59 Å². The predicted octanol–water partition coefficient (Wildman–Crippen LogP) is 2.84. The van der Waals surface area contributed by atoms with Gasteiger partial charge >= 0.3 is 5.97 Å². The zero-order valence-electron chi connectivity index (χ0n) is 13.7. The minimum Gasteiger partial charge on any atom is -0.497 e. The number of ketones is 1. The summed E-state index contributed by atoms with van der Waals surface area (Å²) in [6, 6.07) is 6.88. The quantitative estimate of drug-likeness (QED) is 0.783. The van der Waals surface area contributed by atoms with Crippen LogP contribution in [-0.2, 0) is 4.79 Å². The molecule has 1 unspecified atom stereocenters. The molecule has 5 nitrogen and oxygen atoms in total. The predicted molar refractivity (Wildman–Crippen MR) is 88.0 cm³/mol. The van der Waals surface area contributed by atoms with Crippen molar-refractivity contribution in [1.29, 1.82) is 0 Å². The van der Waals surface area contributed by atoms with Crippen molar-refractivity contribution < 1.29 is 19.4 Å². The Hall–Kier alpha value is -1.88. The molecule has 5 heteroatoms. The van der Waals surface area contributed by atoms with Crippen LogP contribution in [0.5, 0.6) is 5.75 Å². The topological polar surface area (TPSA) is 66.8 Å². The molecule has 1 atom stereocenters. The van der Waals surface area contributed by atoms with E-state index in [1.807, 2.05) is 0 Å². The van der Waals surface area contributed by atoms with Crippen molar-refractivity contribution >= 4 is 11.8 Å². The molecule has 23 heavy (non-hydrogen) atoms. The van der Waals surface area contributed by atoms with E-state index in [9.17, 15) is 9.59 Å². The number of carboxylic acids is 1. The van der Waals surface area contributed by atoms with Gasteiger partial charge in [-0.1, -0.05) is 12.8 Å². The number of hydrogen-bond donors (Lipinski definition) is 1. The molecule has 0 spiro atoms. The molecular weight excluding hydrogens is 294 g/mol. The second-order valence-corrected chi connectivity index (χ2v) is 6.10. The molecule has 126 valence electrons. The minimum atomic E-state index is -0.924. The van der Waals surface area contributed by atoms with Gasteiger partial charge in [-0.2, -0.15) is 0 Å². The molecule has 1 saturated heterocycles. The lowest BCUT2D eigenvalue weighted by Crippen LogP contribution is -2.35. The summed E-state index contributed by atoms with van der Waals surface area (Å²) in [5, 5.41) is 9.16. The summed E-state index contributed by atoms with van der Waals surface area (Å²) in [7, 11) is 1.57. The fourth-order valence-electron chi connectivity index (χ4n) is 3.07. The van der Waals surface area contributed by atoms with E-state index in [4.69, 9.17) is 9.84 Å². The van der Waals surface area contributed by atoms with Crippen molar-refractivity contribution in [3.05, 3.63) is 29.8 Å². The number of hydrogen-bond acceptors (Lipinski definition) is 4. The number of likely N-dealkylation sites (tertiary alicyclic amines) is 1. The van der Waals surface area contributed by atoms with Crippen LogP contribution < -0.4 is 4.74 Å². The highest BCUT2D eigenvalue weighted by atomic mass is 16.5. The van der Waals surface area contributed by atoms with Crippen LogP contribution in [0.2, 0.25) is 0 Å². The lowest BCUT2D eigenvalue weighted by Gasteiger charge is -2.24. The molecule has 1 fully saturated rings. The Labute approximate surface area is 137 Å². The third-order valence-corrected chi connectivity index (χ3v) is 4.34. The van der Waals surface area contributed by atoms with Crippen molar-refractivity contribution in [2.75, 3.05) is 26.7 Å². The number of nitrogens with zero attached hydrogens (tertiary/aromatic N) is 1. The van der Waals surface area contributed by atoms with E-state index in [1.165, 1.54) is 12.8 Å². The fourth-order valence-corrected chi connectivity index (χ4v) is 3.07. The summed E-state index contributed by atoms with van der Waals surface area (Å²) in [5.74, 6) is -0.839. The number of aliphatic carboxylic acids is 1. The number of rotatable bonds is 7. The summed E-state index contributed by atoms with van der Waals surface area (Å²) in [5.41, 5.74) is 0.548. The molecule has 1 aromatic rings. The van der Waals surface area contributed by atoms with Crippen LogP contribution in [0.3, 0.4) is 0 Å². The molecule has 0 aliphatic carbocycles. The van der Waals surface area contributed by atoms with Crippen LogP contribution >= 0.6 is 0 Å². The standard InChI is InChI=1S/C18H25NO4/c1-23-16-8-6-14(7-9-16)18(22)15(12-17(20)21)13-19-10-4-2-3-5-11-19/h6-9,15H,2-5,10-13H2,1H3,(H,20,21). The van der Waals surface area contributed by atoms with Crippen LogP contribution in [0, 0.1) is 5.92 Å². The first-order valence-electron chi connectivity index (χ1n) is 8.22. The summed E-state index contributed by atoms with van der Waals surface area (Å²) < 4.78 is 5.10. The van der Waals surface area contributed by atoms with Crippen LogP contribution in [0.25, 0.3) is 0 Å². The van der Waals surface area contributed by atoms with Gasteiger partial charge in [0, 0.05) is 18.0 Å². The van der Waals surface area contributed by atoms with E-state index in [0.29, 0.717) is 17.9 Å². The Bertz CT molecular complexity index is 518. The maximum atomic E-state index is 12.7. The van der Waals surface area contributed by atoms with Gasteiger partial charge in [-0.05, 0) is 50.2 Å². The molecule has 2 rings (SSSR count). The Morgan fingerprint density at radius 1 is 1.13 bits per heavy atom. The molecule has 0 radical (unpaired) electrons. The maximum Gasteiger partial charge on any atom is 0.304 e. The highest BCUT2D eigenvalue weighted by Gasteiger charge is 2.25. The smallest absolute Gasteiger partial charge is 0.304 e.